The molecule has 0 aromatic rings. The van der Waals surface area contributed by atoms with Crippen molar-refractivity contribution in [3.05, 3.63) is 0 Å². The first-order valence-electron chi connectivity index (χ1n) is 10.1. The van der Waals surface area contributed by atoms with Gasteiger partial charge in [-0.3, -0.25) is 28.2 Å². The molecule has 14 nitrogen and oxygen atoms in total. The van der Waals surface area contributed by atoms with Crippen LogP contribution in [-0.2, 0) is 51.7 Å². The maximum absolute atomic E-state index is 12.2. The third kappa shape index (κ3) is 18.1. The van der Waals surface area contributed by atoms with Crippen molar-refractivity contribution in [1.82, 2.24) is 10.6 Å². The van der Waals surface area contributed by atoms with E-state index in [2.05, 4.69) is 10.6 Å². The van der Waals surface area contributed by atoms with Gasteiger partial charge >= 0.3 is 31.7 Å². The standard InChI is InChI=1S/C18H33N2O12P/c1-13(21)27-9-15(31-14(2)22)11-29-33(25,26)30-12-16(32-18(24)6-8-20-4)10-28-17(23)5-7-19-3/h15-16,19-20H,5-12H2,1-4H3,(H,25,26)/t15-,16?/m1/s1. The van der Waals surface area contributed by atoms with Crippen LogP contribution in [0.25, 0.3) is 0 Å². The van der Waals surface area contributed by atoms with Gasteiger partial charge in [0.05, 0.1) is 26.1 Å². The van der Waals surface area contributed by atoms with Crippen LogP contribution in [0.15, 0.2) is 0 Å². The molecule has 0 aromatic carbocycles. The fraction of sp³-hybridized carbons (Fsp3) is 0.778. The van der Waals surface area contributed by atoms with E-state index in [1.165, 1.54) is 0 Å². The summed E-state index contributed by atoms with van der Waals surface area (Å²) >= 11 is 0. The van der Waals surface area contributed by atoms with Crippen LogP contribution in [0.3, 0.4) is 0 Å². The lowest BCUT2D eigenvalue weighted by molar-refractivity contribution is -0.161. The zero-order valence-electron chi connectivity index (χ0n) is 19.2. The van der Waals surface area contributed by atoms with Crippen molar-refractivity contribution in [2.75, 3.05) is 53.6 Å². The Morgan fingerprint density at radius 1 is 0.758 bits per heavy atom. The van der Waals surface area contributed by atoms with Crippen molar-refractivity contribution in [3.8, 4) is 0 Å². The molecule has 0 aliphatic heterocycles. The van der Waals surface area contributed by atoms with Gasteiger partial charge in [0, 0.05) is 26.9 Å². The lowest BCUT2D eigenvalue weighted by Crippen LogP contribution is -2.31. The van der Waals surface area contributed by atoms with Crippen molar-refractivity contribution in [2.45, 2.75) is 38.9 Å². The Labute approximate surface area is 192 Å². The Balaban J connectivity index is 4.87. The van der Waals surface area contributed by atoms with Crippen molar-refractivity contribution in [2.24, 2.45) is 0 Å². The molecule has 15 heteroatoms. The first-order chi connectivity index (χ1) is 15.5. The SMILES string of the molecule is CNCCC(=O)OCC(COP(=O)(O)OC[C@@H](COC(C)=O)OC(C)=O)OC(=O)CCNC. The van der Waals surface area contributed by atoms with Crippen LogP contribution in [0.4, 0.5) is 0 Å². The number of carbonyl (C=O) groups is 4. The average molecular weight is 500 g/mol. The van der Waals surface area contributed by atoms with Gasteiger partial charge in [-0.2, -0.15) is 0 Å². The van der Waals surface area contributed by atoms with E-state index in [0.717, 1.165) is 13.8 Å². The van der Waals surface area contributed by atoms with Crippen LogP contribution in [-0.4, -0.2) is 94.6 Å². The van der Waals surface area contributed by atoms with Crippen molar-refractivity contribution < 1.29 is 56.6 Å². The zero-order valence-corrected chi connectivity index (χ0v) is 20.1. The maximum atomic E-state index is 12.2. The molecule has 0 saturated carbocycles. The Morgan fingerprint density at radius 2 is 1.24 bits per heavy atom. The van der Waals surface area contributed by atoms with E-state index < -0.39 is 70.3 Å². The first-order valence-corrected chi connectivity index (χ1v) is 11.5. The molecule has 0 amide bonds. The van der Waals surface area contributed by atoms with E-state index in [1.54, 1.807) is 14.1 Å². The average Bonchev–Trinajstić information content (AvgIpc) is 2.74. The summed E-state index contributed by atoms with van der Waals surface area (Å²) in [5.41, 5.74) is 0. The molecule has 0 aliphatic carbocycles. The normalized spacial score (nSPS) is 14.5. The second-order valence-electron chi connectivity index (χ2n) is 6.60. The molecule has 0 heterocycles. The number of nitrogens with one attached hydrogen (secondary N) is 2. The highest BCUT2D eigenvalue weighted by atomic mass is 31.2. The third-order valence-electron chi connectivity index (χ3n) is 3.54. The lowest BCUT2D eigenvalue weighted by Gasteiger charge is -2.21. The van der Waals surface area contributed by atoms with Gasteiger partial charge in [0.1, 0.15) is 13.2 Å². The number of ether oxygens (including phenoxy) is 4. The van der Waals surface area contributed by atoms with E-state index in [4.69, 9.17) is 28.0 Å². The Morgan fingerprint density at radius 3 is 1.73 bits per heavy atom. The predicted molar refractivity (Wildman–Crippen MR) is 112 cm³/mol. The number of rotatable bonds is 18. The smallest absolute Gasteiger partial charge is 0.462 e. The van der Waals surface area contributed by atoms with Gasteiger partial charge in [0.2, 0.25) is 0 Å². The van der Waals surface area contributed by atoms with Crippen molar-refractivity contribution in [1.29, 1.82) is 0 Å². The van der Waals surface area contributed by atoms with Crippen LogP contribution in [0, 0.1) is 0 Å². The molecule has 0 rings (SSSR count). The Kier molecular flexibility index (Phi) is 16.3. The van der Waals surface area contributed by atoms with Crippen molar-refractivity contribution >= 4 is 31.7 Å². The highest BCUT2D eigenvalue weighted by Crippen LogP contribution is 2.43. The minimum Gasteiger partial charge on any atom is -0.462 e. The summed E-state index contributed by atoms with van der Waals surface area (Å²) in [6.07, 6.45) is -2.26. The van der Waals surface area contributed by atoms with Gasteiger partial charge in [-0.05, 0) is 14.1 Å². The second-order valence-corrected chi connectivity index (χ2v) is 8.05. The van der Waals surface area contributed by atoms with Gasteiger partial charge in [0.15, 0.2) is 12.2 Å². The largest absolute Gasteiger partial charge is 0.472 e. The number of hydrogen-bond donors (Lipinski definition) is 3. The zero-order chi connectivity index (χ0) is 25.3. The topological polar surface area (TPSA) is 185 Å². The fourth-order valence-corrected chi connectivity index (χ4v) is 2.81. The summed E-state index contributed by atoms with van der Waals surface area (Å²) in [7, 11) is -1.41. The lowest BCUT2D eigenvalue weighted by atomic mass is 10.3. The number of esters is 4. The minimum absolute atomic E-state index is 0.00814. The summed E-state index contributed by atoms with van der Waals surface area (Å²) < 4.78 is 41.5. The van der Waals surface area contributed by atoms with Crippen LogP contribution in [0.1, 0.15) is 26.7 Å². The summed E-state index contributed by atoms with van der Waals surface area (Å²) in [4.78, 5) is 55.5. The molecular weight excluding hydrogens is 467 g/mol. The molecule has 0 radical (unpaired) electrons. The highest BCUT2D eigenvalue weighted by Gasteiger charge is 2.28. The molecule has 3 atom stereocenters. The van der Waals surface area contributed by atoms with Crippen molar-refractivity contribution in [3.63, 3.8) is 0 Å². The van der Waals surface area contributed by atoms with Gasteiger partial charge in [-0.1, -0.05) is 0 Å². The first kappa shape index (κ1) is 30.9. The van der Waals surface area contributed by atoms with Gasteiger partial charge in [0.25, 0.3) is 0 Å². The van der Waals surface area contributed by atoms with Crippen LogP contribution in [0.2, 0.25) is 0 Å². The molecule has 192 valence electrons. The van der Waals surface area contributed by atoms with Gasteiger partial charge in [-0.25, -0.2) is 4.57 Å². The molecule has 33 heavy (non-hydrogen) atoms. The summed E-state index contributed by atoms with van der Waals surface area (Å²) in [5, 5.41) is 5.54. The quantitative estimate of drug-likeness (QED) is 0.122. The summed E-state index contributed by atoms with van der Waals surface area (Å²) in [5.74, 6) is -2.59. The second kappa shape index (κ2) is 17.4. The monoisotopic (exact) mass is 500 g/mol. The number of phosphoric ester groups is 1. The van der Waals surface area contributed by atoms with E-state index in [9.17, 15) is 28.6 Å². The molecule has 0 saturated heterocycles. The number of hydrogen-bond acceptors (Lipinski definition) is 13. The molecular formula is C18H33N2O12P. The highest BCUT2D eigenvalue weighted by molar-refractivity contribution is 7.47. The van der Waals surface area contributed by atoms with Gasteiger partial charge < -0.3 is 34.5 Å². The summed E-state index contributed by atoms with van der Waals surface area (Å²) in [6, 6.07) is 0. The third-order valence-corrected chi connectivity index (χ3v) is 4.49. The molecule has 0 aliphatic rings. The van der Waals surface area contributed by atoms with Gasteiger partial charge in [-0.15, -0.1) is 0 Å². The minimum atomic E-state index is -4.71. The summed E-state index contributed by atoms with van der Waals surface area (Å²) in [6.45, 7) is 0.886. The maximum Gasteiger partial charge on any atom is 0.472 e. The Bertz CT molecular complexity index is 675. The fourth-order valence-electron chi connectivity index (χ4n) is 2.03. The van der Waals surface area contributed by atoms with E-state index >= 15 is 0 Å². The number of carbonyl (C=O) groups excluding carboxylic acids is 4. The molecule has 0 bridgehead atoms. The molecule has 0 aromatic heterocycles. The molecule has 0 fully saturated rings. The predicted octanol–water partition coefficient (Wildman–Crippen LogP) is -0.711. The van der Waals surface area contributed by atoms with Crippen LogP contribution in [0.5, 0.6) is 0 Å². The van der Waals surface area contributed by atoms with Crippen LogP contribution >= 0.6 is 7.82 Å². The van der Waals surface area contributed by atoms with E-state index in [-0.39, 0.29) is 12.8 Å². The Hall–Kier alpha value is -2.09. The molecule has 2 unspecified atom stereocenters. The van der Waals surface area contributed by atoms with Crippen LogP contribution < -0.4 is 10.6 Å². The molecule has 0 spiro atoms. The van der Waals surface area contributed by atoms with E-state index in [1.807, 2.05) is 0 Å². The number of phosphoric acid groups is 1. The molecule has 3 N–H and O–H groups in total. The van der Waals surface area contributed by atoms with E-state index in [0.29, 0.717) is 13.1 Å².